The van der Waals surface area contributed by atoms with E-state index >= 15 is 0 Å². The Labute approximate surface area is 182 Å². The highest BCUT2D eigenvalue weighted by Gasteiger charge is 2.54. The second kappa shape index (κ2) is 8.36. The third kappa shape index (κ3) is 3.82. The zero-order valence-electron chi connectivity index (χ0n) is 15.5. The number of thioether (sulfide) groups is 2. The molecule has 2 N–H and O–H groups in total. The number of hydrogen-bond donors (Lipinski definition) is 2. The van der Waals surface area contributed by atoms with Gasteiger partial charge in [-0.1, -0.05) is 35.2 Å². The Bertz CT molecular complexity index is 1070. The third-order valence-corrected chi connectivity index (χ3v) is 7.93. The van der Waals surface area contributed by atoms with E-state index in [0.29, 0.717) is 17.1 Å². The van der Waals surface area contributed by atoms with Crippen molar-refractivity contribution in [1.82, 2.24) is 20.4 Å². The van der Waals surface area contributed by atoms with Gasteiger partial charge in [-0.3, -0.25) is 14.5 Å². The summed E-state index contributed by atoms with van der Waals surface area (Å²) in [6.07, 6.45) is 0. The molecule has 4 rings (SSSR count). The minimum absolute atomic E-state index is 0.0612. The number of carbonyl (C=O) groups excluding carboxylic acids is 2. The summed E-state index contributed by atoms with van der Waals surface area (Å²) in [6.45, 7) is 1.83. The molecule has 1 saturated heterocycles. The van der Waals surface area contributed by atoms with E-state index in [1.807, 2.05) is 6.92 Å². The number of β-lactam (4-membered cyclic amide) rings is 1. The fourth-order valence-corrected chi connectivity index (χ4v) is 6.44. The summed E-state index contributed by atoms with van der Waals surface area (Å²) in [5, 5.41) is 20.4. The van der Waals surface area contributed by atoms with E-state index in [0.717, 1.165) is 15.4 Å². The SMILES string of the molecule is Cc1nnc(SCC2=C(C(=O)O)N3C(=O)C(NC(=O)c4ccccc4F)C3SC2)s1. The van der Waals surface area contributed by atoms with Crippen molar-refractivity contribution in [3.05, 3.63) is 51.9 Å². The number of rotatable bonds is 6. The maximum atomic E-state index is 13.8. The molecule has 1 fully saturated rings. The van der Waals surface area contributed by atoms with Crippen LogP contribution in [-0.4, -0.2) is 60.9 Å². The van der Waals surface area contributed by atoms with Crippen LogP contribution in [0.15, 0.2) is 39.9 Å². The van der Waals surface area contributed by atoms with E-state index < -0.39 is 35.0 Å². The van der Waals surface area contributed by atoms with Gasteiger partial charge in [0, 0.05) is 11.5 Å². The zero-order chi connectivity index (χ0) is 21.4. The zero-order valence-corrected chi connectivity index (χ0v) is 17.9. The average molecular weight is 467 g/mol. The highest BCUT2D eigenvalue weighted by Crippen LogP contribution is 2.41. The Hall–Kier alpha value is -2.44. The van der Waals surface area contributed by atoms with Crippen LogP contribution in [0.3, 0.4) is 0 Å². The second-order valence-corrected chi connectivity index (χ2v) is 9.98. The number of carboxylic acids is 1. The summed E-state index contributed by atoms with van der Waals surface area (Å²) in [4.78, 5) is 38.1. The number of carbonyl (C=O) groups is 3. The van der Waals surface area contributed by atoms with Crippen LogP contribution in [-0.2, 0) is 9.59 Å². The molecule has 0 saturated carbocycles. The van der Waals surface area contributed by atoms with Gasteiger partial charge in [0.1, 0.15) is 27.9 Å². The lowest BCUT2D eigenvalue weighted by atomic mass is 10.0. The first-order chi connectivity index (χ1) is 14.4. The summed E-state index contributed by atoms with van der Waals surface area (Å²) >= 11 is 4.15. The van der Waals surface area contributed by atoms with Gasteiger partial charge in [-0.05, 0) is 24.6 Å². The van der Waals surface area contributed by atoms with E-state index in [4.69, 9.17) is 0 Å². The van der Waals surface area contributed by atoms with Gasteiger partial charge in [-0.25, -0.2) is 9.18 Å². The van der Waals surface area contributed by atoms with E-state index in [1.54, 1.807) is 0 Å². The van der Waals surface area contributed by atoms with E-state index in [9.17, 15) is 23.9 Å². The number of halogens is 1. The number of benzene rings is 1. The first kappa shape index (κ1) is 20.8. The summed E-state index contributed by atoms with van der Waals surface area (Å²) in [7, 11) is 0. The van der Waals surface area contributed by atoms with E-state index in [1.165, 1.54) is 58.0 Å². The molecular weight excluding hydrogens is 451 g/mol. The summed E-state index contributed by atoms with van der Waals surface area (Å²) in [5.41, 5.74) is 0.380. The van der Waals surface area contributed by atoms with Crippen molar-refractivity contribution in [2.24, 2.45) is 0 Å². The van der Waals surface area contributed by atoms with Crippen LogP contribution < -0.4 is 5.32 Å². The van der Waals surface area contributed by atoms with Crippen LogP contribution in [0.25, 0.3) is 0 Å². The number of amides is 2. The molecule has 8 nitrogen and oxygen atoms in total. The summed E-state index contributed by atoms with van der Waals surface area (Å²) in [6, 6.07) is 4.57. The Balaban J connectivity index is 1.49. The van der Waals surface area contributed by atoms with E-state index in [-0.39, 0.29) is 11.3 Å². The van der Waals surface area contributed by atoms with Gasteiger partial charge in [-0.15, -0.1) is 22.0 Å². The molecule has 2 atom stereocenters. The van der Waals surface area contributed by atoms with Gasteiger partial charge >= 0.3 is 5.97 Å². The number of hydrogen-bond acceptors (Lipinski definition) is 8. The van der Waals surface area contributed by atoms with Crippen LogP contribution >= 0.6 is 34.9 Å². The van der Waals surface area contributed by atoms with Crippen molar-refractivity contribution in [2.75, 3.05) is 11.5 Å². The molecule has 1 aromatic carbocycles. The average Bonchev–Trinajstić information content (AvgIpc) is 3.14. The highest BCUT2D eigenvalue weighted by molar-refractivity contribution is 8.01. The normalized spacial score (nSPS) is 20.6. The maximum Gasteiger partial charge on any atom is 0.352 e. The number of fused-ring (bicyclic) bond motifs is 1. The summed E-state index contributed by atoms with van der Waals surface area (Å²) < 4.78 is 14.6. The second-order valence-electron chi connectivity index (χ2n) is 6.47. The Kier molecular flexibility index (Phi) is 5.80. The largest absolute Gasteiger partial charge is 0.477 e. The van der Waals surface area contributed by atoms with Crippen molar-refractivity contribution in [3.8, 4) is 0 Å². The molecule has 2 amide bonds. The third-order valence-electron chi connectivity index (χ3n) is 4.53. The lowest BCUT2D eigenvalue weighted by molar-refractivity contribution is -0.148. The topological polar surface area (TPSA) is 112 Å². The first-order valence-electron chi connectivity index (χ1n) is 8.75. The van der Waals surface area contributed by atoms with Gasteiger partial charge < -0.3 is 10.4 Å². The molecule has 2 aromatic rings. The monoisotopic (exact) mass is 466 g/mol. The molecule has 2 aliphatic heterocycles. The standard InChI is InChI=1S/C18H15FN4O4S3/c1-8-21-22-18(30-8)29-7-9-6-28-16-12(15(25)23(16)13(9)17(26)27)20-14(24)10-4-2-3-5-11(10)19/h2-5,12,16H,6-7H2,1H3,(H,20,24)(H,26,27). The molecule has 0 bridgehead atoms. The Morgan fingerprint density at radius 2 is 2.13 bits per heavy atom. The molecular formula is C18H15FN4O4S3. The van der Waals surface area contributed by atoms with E-state index in [2.05, 4.69) is 15.5 Å². The fourth-order valence-electron chi connectivity index (χ4n) is 3.14. The van der Waals surface area contributed by atoms with Crippen LogP contribution in [0.2, 0.25) is 0 Å². The Morgan fingerprint density at radius 1 is 1.37 bits per heavy atom. The molecule has 2 aliphatic rings. The molecule has 2 unspecified atom stereocenters. The minimum Gasteiger partial charge on any atom is -0.477 e. The predicted octanol–water partition coefficient (Wildman–Crippen LogP) is 2.13. The number of carboxylic acid groups (broad SMARTS) is 1. The lowest BCUT2D eigenvalue weighted by Crippen LogP contribution is -2.70. The molecule has 30 heavy (non-hydrogen) atoms. The van der Waals surface area contributed by atoms with Crippen LogP contribution in [0.4, 0.5) is 4.39 Å². The van der Waals surface area contributed by atoms with Gasteiger partial charge in [0.2, 0.25) is 0 Å². The lowest BCUT2D eigenvalue weighted by Gasteiger charge is -2.49. The molecule has 1 aromatic heterocycles. The number of nitrogens with one attached hydrogen (secondary N) is 1. The quantitative estimate of drug-likeness (QED) is 0.492. The number of aryl methyl sites for hydroxylation is 1. The smallest absolute Gasteiger partial charge is 0.352 e. The molecule has 0 aliphatic carbocycles. The molecule has 3 heterocycles. The van der Waals surface area contributed by atoms with Gasteiger partial charge in [0.15, 0.2) is 4.34 Å². The van der Waals surface area contributed by atoms with Crippen molar-refractivity contribution < 1.29 is 23.9 Å². The van der Waals surface area contributed by atoms with Crippen molar-refractivity contribution in [2.45, 2.75) is 22.7 Å². The van der Waals surface area contributed by atoms with Crippen LogP contribution in [0, 0.1) is 12.7 Å². The number of aromatic nitrogens is 2. The van der Waals surface area contributed by atoms with Crippen molar-refractivity contribution in [1.29, 1.82) is 0 Å². The fraction of sp³-hybridized carbons (Fsp3) is 0.278. The molecule has 0 spiro atoms. The number of nitrogens with zero attached hydrogens (tertiary/aromatic N) is 3. The first-order valence-corrected chi connectivity index (χ1v) is 11.6. The predicted molar refractivity (Wildman–Crippen MR) is 111 cm³/mol. The maximum absolute atomic E-state index is 13.8. The number of aliphatic carboxylic acids is 1. The van der Waals surface area contributed by atoms with Crippen molar-refractivity contribution in [3.63, 3.8) is 0 Å². The van der Waals surface area contributed by atoms with Gasteiger partial charge in [0.05, 0.1) is 5.56 Å². The summed E-state index contributed by atoms with van der Waals surface area (Å²) in [5.74, 6) is -2.35. The van der Waals surface area contributed by atoms with Gasteiger partial charge in [0.25, 0.3) is 11.8 Å². The minimum atomic E-state index is -1.20. The molecule has 0 radical (unpaired) electrons. The van der Waals surface area contributed by atoms with Crippen LogP contribution in [0.5, 0.6) is 0 Å². The van der Waals surface area contributed by atoms with Gasteiger partial charge in [-0.2, -0.15) is 0 Å². The molecule has 12 heteroatoms. The Morgan fingerprint density at radius 3 is 2.80 bits per heavy atom. The highest BCUT2D eigenvalue weighted by atomic mass is 32.2. The molecule has 156 valence electrons. The van der Waals surface area contributed by atoms with Crippen molar-refractivity contribution >= 4 is 52.6 Å². The van der Waals surface area contributed by atoms with Crippen LogP contribution in [0.1, 0.15) is 15.4 Å².